The highest BCUT2D eigenvalue weighted by molar-refractivity contribution is 7.14. The zero-order valence-electron chi connectivity index (χ0n) is 15.6. The van der Waals surface area contributed by atoms with Gasteiger partial charge in [-0.25, -0.2) is 9.78 Å². The molecule has 8 nitrogen and oxygen atoms in total. The van der Waals surface area contributed by atoms with E-state index < -0.39 is 17.2 Å². The van der Waals surface area contributed by atoms with Crippen molar-refractivity contribution in [3.05, 3.63) is 61.7 Å². The van der Waals surface area contributed by atoms with Crippen molar-refractivity contribution in [1.82, 2.24) is 14.1 Å². The van der Waals surface area contributed by atoms with Crippen molar-refractivity contribution in [2.45, 2.75) is 19.4 Å². The summed E-state index contributed by atoms with van der Waals surface area (Å²) in [5.41, 5.74) is 1.69. The van der Waals surface area contributed by atoms with Crippen LogP contribution in [0.2, 0.25) is 0 Å². The summed E-state index contributed by atoms with van der Waals surface area (Å²) in [6, 6.07) is 7.04. The molecule has 0 unspecified atom stereocenters. The summed E-state index contributed by atoms with van der Waals surface area (Å²) >= 11 is 1.27. The fourth-order valence-electron chi connectivity index (χ4n) is 3.16. The number of benzene rings is 1. The predicted molar refractivity (Wildman–Crippen MR) is 106 cm³/mol. The molecule has 9 heteroatoms. The molecular weight excluding hydrogens is 380 g/mol. The Labute approximate surface area is 164 Å². The Kier molecular flexibility index (Phi) is 4.38. The Morgan fingerprint density at radius 2 is 2.04 bits per heavy atom. The number of ether oxygens (including phenoxy) is 1. The number of carbonyl (C=O) groups excluding carboxylic acids is 1. The van der Waals surface area contributed by atoms with Crippen LogP contribution in [0.5, 0.6) is 5.75 Å². The fraction of sp³-hybridized carbons (Fsp3) is 0.263. The third-order valence-corrected chi connectivity index (χ3v) is 5.43. The molecule has 1 atom stereocenters. The number of nitrogens with one attached hydrogen (secondary N) is 1. The Morgan fingerprint density at radius 3 is 2.82 bits per heavy atom. The minimum absolute atomic E-state index is 0.0199. The molecule has 1 amide bonds. The highest BCUT2D eigenvalue weighted by Gasteiger charge is 2.20. The monoisotopic (exact) mass is 398 g/mol. The first-order chi connectivity index (χ1) is 13.3. The lowest BCUT2D eigenvalue weighted by molar-refractivity contribution is 0.101. The first-order valence-corrected chi connectivity index (χ1v) is 9.55. The summed E-state index contributed by atoms with van der Waals surface area (Å²) in [7, 11) is 2.80. The van der Waals surface area contributed by atoms with Crippen LogP contribution in [0, 0.1) is 0 Å². The molecular formula is C19H18N4O4S. The van der Waals surface area contributed by atoms with Gasteiger partial charge in [0.1, 0.15) is 17.5 Å². The zero-order valence-corrected chi connectivity index (χ0v) is 16.4. The van der Waals surface area contributed by atoms with E-state index >= 15 is 0 Å². The lowest BCUT2D eigenvalue weighted by atomic mass is 10.1. The number of nitrogens with zero attached hydrogens (tertiary/aromatic N) is 3. The van der Waals surface area contributed by atoms with E-state index in [2.05, 4.69) is 10.3 Å². The maximum absolute atomic E-state index is 12.5. The Morgan fingerprint density at radius 1 is 1.25 bits per heavy atom. The van der Waals surface area contributed by atoms with Crippen LogP contribution >= 0.6 is 11.3 Å². The second-order valence-corrected chi connectivity index (χ2v) is 7.57. The molecule has 0 radical (unpaired) electrons. The predicted octanol–water partition coefficient (Wildman–Crippen LogP) is 1.78. The summed E-state index contributed by atoms with van der Waals surface area (Å²) in [4.78, 5) is 40.8. The van der Waals surface area contributed by atoms with Crippen molar-refractivity contribution >= 4 is 22.4 Å². The van der Waals surface area contributed by atoms with Crippen molar-refractivity contribution in [2.24, 2.45) is 14.1 Å². The second-order valence-electron chi connectivity index (χ2n) is 6.72. The number of fused-ring (bicyclic) bond motifs is 1. The van der Waals surface area contributed by atoms with E-state index in [1.165, 1.54) is 25.4 Å². The molecule has 0 bridgehead atoms. The van der Waals surface area contributed by atoms with E-state index in [0.29, 0.717) is 5.13 Å². The van der Waals surface area contributed by atoms with Gasteiger partial charge in [0, 0.05) is 37.5 Å². The van der Waals surface area contributed by atoms with Gasteiger partial charge in [-0.3, -0.25) is 24.0 Å². The number of rotatable bonds is 3. The van der Waals surface area contributed by atoms with Crippen LogP contribution in [0.25, 0.3) is 11.3 Å². The van der Waals surface area contributed by atoms with E-state index in [1.807, 2.05) is 30.5 Å². The average molecular weight is 398 g/mol. The largest absolute Gasteiger partial charge is 0.490 e. The lowest BCUT2D eigenvalue weighted by Crippen LogP contribution is -2.40. The van der Waals surface area contributed by atoms with Crippen molar-refractivity contribution in [3.63, 3.8) is 0 Å². The molecule has 3 heterocycles. The van der Waals surface area contributed by atoms with Crippen molar-refractivity contribution < 1.29 is 9.53 Å². The summed E-state index contributed by atoms with van der Waals surface area (Å²) in [6.07, 6.45) is 1.02. The minimum atomic E-state index is -0.563. The molecule has 0 saturated heterocycles. The highest BCUT2D eigenvalue weighted by atomic mass is 32.1. The molecule has 0 aliphatic carbocycles. The summed E-state index contributed by atoms with van der Waals surface area (Å²) in [5.74, 6) is 0.334. The molecule has 4 rings (SSSR count). The standard InChI is InChI=1S/C19H18N4O4S/c1-10-6-12-7-11(4-5-15(12)27-10)13-9-28-18(20-13)21-17(25)14-8-16(24)23(3)19(26)22(14)2/h4-5,7-10H,6H2,1-3H3,(H,20,21,25)/t10-/m0/s1. The van der Waals surface area contributed by atoms with Gasteiger partial charge in [0.05, 0.1) is 5.69 Å². The minimum Gasteiger partial charge on any atom is -0.490 e. The van der Waals surface area contributed by atoms with Crippen LogP contribution in [0.4, 0.5) is 5.13 Å². The first-order valence-electron chi connectivity index (χ1n) is 8.67. The number of amides is 1. The maximum Gasteiger partial charge on any atom is 0.331 e. The summed E-state index contributed by atoms with van der Waals surface area (Å²) < 4.78 is 7.79. The smallest absolute Gasteiger partial charge is 0.331 e. The van der Waals surface area contributed by atoms with E-state index in [-0.39, 0.29) is 11.8 Å². The van der Waals surface area contributed by atoms with Gasteiger partial charge in [-0.1, -0.05) is 0 Å². The average Bonchev–Trinajstić information content (AvgIpc) is 3.27. The number of anilines is 1. The zero-order chi connectivity index (χ0) is 20.0. The van der Waals surface area contributed by atoms with Crippen LogP contribution in [0.15, 0.2) is 39.2 Å². The molecule has 0 fully saturated rings. The third kappa shape index (κ3) is 3.13. The van der Waals surface area contributed by atoms with Gasteiger partial charge in [-0.05, 0) is 30.7 Å². The lowest BCUT2D eigenvalue weighted by Gasteiger charge is -2.08. The number of carbonyl (C=O) groups is 1. The molecule has 144 valence electrons. The van der Waals surface area contributed by atoms with Gasteiger partial charge in [0.15, 0.2) is 5.13 Å². The van der Waals surface area contributed by atoms with Crippen LogP contribution in [0.1, 0.15) is 23.0 Å². The van der Waals surface area contributed by atoms with Crippen molar-refractivity contribution in [1.29, 1.82) is 0 Å². The summed E-state index contributed by atoms with van der Waals surface area (Å²) in [5, 5.41) is 4.89. The highest BCUT2D eigenvalue weighted by Crippen LogP contribution is 2.33. The fourth-order valence-corrected chi connectivity index (χ4v) is 3.87. The number of hydrogen-bond donors (Lipinski definition) is 1. The van der Waals surface area contributed by atoms with Crippen molar-refractivity contribution in [3.8, 4) is 17.0 Å². The van der Waals surface area contributed by atoms with Crippen molar-refractivity contribution in [2.75, 3.05) is 5.32 Å². The molecule has 1 N–H and O–H groups in total. The molecule has 3 aromatic rings. The normalized spacial score (nSPS) is 15.2. The summed E-state index contributed by atoms with van der Waals surface area (Å²) in [6.45, 7) is 2.03. The molecule has 1 aromatic carbocycles. The van der Waals surface area contributed by atoms with Crippen LogP contribution < -0.4 is 21.3 Å². The topological polar surface area (TPSA) is 95.2 Å². The molecule has 2 aromatic heterocycles. The molecule has 0 spiro atoms. The molecule has 1 aliphatic heterocycles. The SMILES string of the molecule is C[C@H]1Cc2cc(-c3csc(NC(=O)c4cc(=O)n(C)c(=O)n4C)n3)ccc2O1. The Balaban J connectivity index is 1.58. The van der Waals surface area contributed by atoms with E-state index in [1.54, 1.807) is 0 Å². The molecule has 1 aliphatic rings. The van der Waals surface area contributed by atoms with Crippen LogP contribution in [-0.2, 0) is 20.5 Å². The van der Waals surface area contributed by atoms with E-state index in [0.717, 1.165) is 44.2 Å². The van der Waals surface area contributed by atoms with Gasteiger partial charge >= 0.3 is 5.69 Å². The quantitative estimate of drug-likeness (QED) is 0.726. The first kappa shape index (κ1) is 18.2. The Hall–Kier alpha value is -3.20. The second kappa shape index (κ2) is 6.75. The molecule has 0 saturated carbocycles. The number of thiazole rings is 1. The van der Waals surface area contributed by atoms with Gasteiger partial charge in [-0.15, -0.1) is 11.3 Å². The van der Waals surface area contributed by atoms with Gasteiger partial charge in [0.25, 0.3) is 11.5 Å². The van der Waals surface area contributed by atoms with Crippen LogP contribution in [-0.4, -0.2) is 26.1 Å². The van der Waals surface area contributed by atoms with E-state index in [9.17, 15) is 14.4 Å². The Bertz CT molecular complexity index is 1210. The molecule has 28 heavy (non-hydrogen) atoms. The van der Waals surface area contributed by atoms with Gasteiger partial charge in [0.2, 0.25) is 0 Å². The van der Waals surface area contributed by atoms with Gasteiger partial charge < -0.3 is 4.74 Å². The number of hydrogen-bond acceptors (Lipinski definition) is 6. The maximum atomic E-state index is 12.5. The number of aromatic nitrogens is 3. The third-order valence-electron chi connectivity index (χ3n) is 4.68. The van der Waals surface area contributed by atoms with E-state index in [4.69, 9.17) is 4.74 Å². The van der Waals surface area contributed by atoms with Crippen LogP contribution in [0.3, 0.4) is 0 Å². The van der Waals surface area contributed by atoms with Gasteiger partial charge in [-0.2, -0.15) is 0 Å².